The number of amides is 1. The first kappa shape index (κ1) is 57.7. The molecule has 3 heterocycles. The lowest BCUT2D eigenvalue weighted by molar-refractivity contribution is -0.384. The number of aliphatic hydroxyl groups is 5. The Balaban J connectivity index is 1.73. The molecule has 19 nitrogen and oxygen atoms in total. The highest BCUT2D eigenvalue weighted by atomic mass is 16.7. The van der Waals surface area contributed by atoms with Crippen molar-refractivity contribution in [1.82, 2.24) is 15.1 Å². The number of hydrogen-bond donors (Lipinski definition) is 6. The highest BCUT2D eigenvalue weighted by Crippen LogP contribution is 2.40. The second-order valence-electron chi connectivity index (χ2n) is 20.9. The third-order valence-electron chi connectivity index (χ3n) is 15.0. The van der Waals surface area contributed by atoms with E-state index in [1.54, 1.807) is 67.5 Å². The van der Waals surface area contributed by atoms with E-state index < -0.39 is 107 Å². The number of hydrogen-bond acceptors (Lipinski definition) is 17. The predicted octanol–water partition coefficient (Wildman–Crippen LogP) is 3.49. The van der Waals surface area contributed by atoms with Crippen molar-refractivity contribution in [1.29, 1.82) is 0 Å². The van der Waals surface area contributed by atoms with Crippen LogP contribution < -0.4 is 5.32 Å². The van der Waals surface area contributed by atoms with Crippen LogP contribution in [0.2, 0.25) is 0 Å². The molecule has 6 N–H and O–H groups in total. The third kappa shape index (κ3) is 13.7. The average Bonchev–Trinajstić information content (AvgIpc) is 3.27. The van der Waals surface area contributed by atoms with Gasteiger partial charge in [0.15, 0.2) is 12.6 Å². The molecular weight excluding hydrogens is 885 g/mol. The van der Waals surface area contributed by atoms with Gasteiger partial charge < -0.3 is 64.2 Å². The molecule has 3 aliphatic heterocycles. The number of methoxy groups -OCH3 is 1. The second-order valence-corrected chi connectivity index (χ2v) is 20.9. The average molecular weight is 969 g/mol. The molecule has 1 aromatic rings. The number of aliphatic hydroxyl groups excluding tert-OH is 3. The summed E-state index contributed by atoms with van der Waals surface area (Å²) in [5.74, 6) is -3.84. The van der Waals surface area contributed by atoms with Gasteiger partial charge in [0.2, 0.25) is 5.91 Å². The van der Waals surface area contributed by atoms with Crippen molar-refractivity contribution in [3.05, 3.63) is 39.9 Å². The van der Waals surface area contributed by atoms with Crippen molar-refractivity contribution in [2.45, 2.75) is 204 Å². The molecule has 0 saturated carbocycles. The van der Waals surface area contributed by atoms with Crippen LogP contribution in [0.3, 0.4) is 0 Å². The van der Waals surface area contributed by atoms with Gasteiger partial charge in [-0.1, -0.05) is 32.9 Å². The predicted molar refractivity (Wildman–Crippen MR) is 252 cm³/mol. The molecular formula is C49H84N4O15. The second kappa shape index (κ2) is 24.0. The zero-order valence-electron chi connectivity index (χ0n) is 42.9. The van der Waals surface area contributed by atoms with E-state index in [1.807, 2.05) is 37.7 Å². The number of likely N-dealkylation sites (N-methyl/N-ethyl adjacent to an activating group) is 1. The van der Waals surface area contributed by atoms with Crippen molar-refractivity contribution in [2.24, 2.45) is 17.8 Å². The number of benzene rings is 1. The van der Waals surface area contributed by atoms with Crippen molar-refractivity contribution < 1.29 is 68.5 Å². The first-order valence-corrected chi connectivity index (χ1v) is 24.4. The molecule has 68 heavy (non-hydrogen) atoms. The number of nitrogens with zero attached hydrogens (tertiary/aromatic N) is 3. The monoisotopic (exact) mass is 969 g/mol. The van der Waals surface area contributed by atoms with E-state index >= 15 is 0 Å². The molecule has 390 valence electrons. The topological polar surface area (TPSA) is 252 Å². The first-order valence-electron chi connectivity index (χ1n) is 24.4. The standard InChI is InChI=1S/C49H84N4O15/c1-15-37-49(11,60)41(55)32(7)52(22-16-21-50-44(57)29(4)34-17-19-35(20-18-34)53(61)62)26-27(2)24-47(9,59)43(68-46-39(54)36(51(12)13)23-28(3)64-46)30(5)40(31(6)45(58)66-37)67-38-25-48(10,63-14)42(56)33(8)65-38/h17-20,27-33,36-43,46,54-56,59-60H,15-16,21-26H2,1-14H3,(H,50,57)/t27-,28-,29?,30+,31-,32-,33+,36+,37-,38+,39-,40+,41-,42+,43-,46+,47-,48-,49-/m1/s1. The summed E-state index contributed by atoms with van der Waals surface area (Å²) in [5.41, 5.74) is -4.17. The fourth-order valence-corrected chi connectivity index (χ4v) is 10.6. The molecule has 3 saturated heterocycles. The molecule has 1 aromatic carbocycles. The maximum Gasteiger partial charge on any atom is 0.311 e. The molecule has 0 bridgehead atoms. The summed E-state index contributed by atoms with van der Waals surface area (Å²) in [7, 11) is 5.21. The van der Waals surface area contributed by atoms with Crippen molar-refractivity contribution in [3.63, 3.8) is 0 Å². The molecule has 0 aliphatic carbocycles. The molecule has 19 heteroatoms. The number of ether oxygens (including phenoxy) is 6. The van der Waals surface area contributed by atoms with Crippen LogP contribution in [0.1, 0.15) is 120 Å². The van der Waals surface area contributed by atoms with Crippen LogP contribution in [-0.4, -0.2) is 183 Å². The highest BCUT2D eigenvalue weighted by molar-refractivity contribution is 5.83. The maximum absolute atomic E-state index is 14.5. The number of carbonyl (C=O) groups excluding carboxylic acids is 2. The van der Waals surface area contributed by atoms with E-state index in [9.17, 15) is 45.2 Å². The Morgan fingerprint density at radius 1 is 1.00 bits per heavy atom. The molecule has 1 amide bonds. The summed E-state index contributed by atoms with van der Waals surface area (Å²) in [6, 6.07) is 4.77. The minimum atomic E-state index is -1.95. The molecule has 1 unspecified atom stereocenters. The van der Waals surface area contributed by atoms with E-state index in [-0.39, 0.29) is 55.5 Å². The summed E-state index contributed by atoms with van der Waals surface area (Å²) in [5, 5.41) is 74.0. The van der Waals surface area contributed by atoms with Gasteiger partial charge >= 0.3 is 5.97 Å². The Bertz CT molecular complexity index is 1790. The highest BCUT2D eigenvalue weighted by Gasteiger charge is 2.53. The minimum absolute atomic E-state index is 0.0732. The van der Waals surface area contributed by atoms with Crippen LogP contribution in [-0.2, 0) is 38.0 Å². The summed E-state index contributed by atoms with van der Waals surface area (Å²) in [4.78, 5) is 42.3. The van der Waals surface area contributed by atoms with Gasteiger partial charge in [-0.05, 0) is 107 Å². The lowest BCUT2D eigenvalue weighted by Crippen LogP contribution is -2.60. The number of nitro benzene ring substituents is 1. The fraction of sp³-hybridized carbons (Fsp3) is 0.837. The fourth-order valence-electron chi connectivity index (χ4n) is 10.6. The van der Waals surface area contributed by atoms with Crippen LogP contribution in [0.4, 0.5) is 5.69 Å². The largest absolute Gasteiger partial charge is 0.459 e. The van der Waals surface area contributed by atoms with E-state index in [4.69, 9.17) is 28.4 Å². The van der Waals surface area contributed by atoms with Crippen LogP contribution in [0.5, 0.6) is 0 Å². The molecule has 0 spiro atoms. The molecule has 3 fully saturated rings. The normalized spacial score (nSPS) is 41.0. The summed E-state index contributed by atoms with van der Waals surface area (Å²) >= 11 is 0. The van der Waals surface area contributed by atoms with Gasteiger partial charge in [0, 0.05) is 63.3 Å². The van der Waals surface area contributed by atoms with Gasteiger partial charge in [0.25, 0.3) is 5.69 Å². The van der Waals surface area contributed by atoms with E-state index in [0.717, 1.165) is 0 Å². The third-order valence-corrected chi connectivity index (χ3v) is 15.0. The summed E-state index contributed by atoms with van der Waals surface area (Å²) < 4.78 is 38.0. The summed E-state index contributed by atoms with van der Waals surface area (Å²) in [6.45, 7) is 19.9. The number of esters is 1. The van der Waals surface area contributed by atoms with Crippen LogP contribution in [0, 0.1) is 27.9 Å². The Morgan fingerprint density at radius 2 is 1.63 bits per heavy atom. The van der Waals surface area contributed by atoms with E-state index in [1.165, 1.54) is 26.2 Å². The zero-order chi connectivity index (χ0) is 51.2. The Kier molecular flexibility index (Phi) is 20.3. The van der Waals surface area contributed by atoms with Crippen molar-refractivity contribution in [2.75, 3.05) is 40.8 Å². The quantitative estimate of drug-likeness (QED) is 0.0676. The lowest BCUT2D eigenvalue weighted by Gasteiger charge is -2.48. The minimum Gasteiger partial charge on any atom is -0.459 e. The number of rotatable bonds is 14. The van der Waals surface area contributed by atoms with Crippen molar-refractivity contribution >= 4 is 17.6 Å². The Labute approximate surface area is 403 Å². The van der Waals surface area contributed by atoms with Gasteiger partial charge in [-0.15, -0.1) is 0 Å². The molecule has 3 aliphatic rings. The van der Waals surface area contributed by atoms with E-state index in [2.05, 4.69) is 5.32 Å². The van der Waals surface area contributed by atoms with Gasteiger partial charge in [-0.3, -0.25) is 24.6 Å². The SMILES string of the molecule is CC[C@H]1OC(=O)[C@H](C)[C@@H](O[C@H]2C[C@@](C)(OC)[C@@H](O)[C@H](C)O2)[C@H](C)[C@@H](O[C@@H]2O[C@H](C)C[C@H](N(C)C)[C@H]2O)[C@](C)(O)C[C@@H](C)CN(CCCNC(=O)C(C)c2ccc([N+](=O)[O-])cc2)[C@H](C)[C@@H](O)[C@]1(C)O. The Hall–Kier alpha value is -2.92. The molecule has 4 rings (SSSR count). The smallest absolute Gasteiger partial charge is 0.311 e. The zero-order valence-corrected chi connectivity index (χ0v) is 42.9. The number of cyclic esters (lactones) is 1. The summed E-state index contributed by atoms with van der Waals surface area (Å²) in [6.07, 6.45) is -8.92. The lowest BCUT2D eigenvalue weighted by atomic mass is 9.77. The van der Waals surface area contributed by atoms with Crippen molar-refractivity contribution in [3.8, 4) is 0 Å². The van der Waals surface area contributed by atoms with Crippen LogP contribution in [0.15, 0.2) is 24.3 Å². The van der Waals surface area contributed by atoms with Crippen LogP contribution >= 0.6 is 0 Å². The van der Waals surface area contributed by atoms with E-state index in [0.29, 0.717) is 31.5 Å². The molecule has 0 aromatic heterocycles. The van der Waals surface area contributed by atoms with Crippen LogP contribution in [0.25, 0.3) is 0 Å². The maximum atomic E-state index is 14.5. The number of nitro groups is 1. The first-order chi connectivity index (χ1) is 31.6. The van der Waals surface area contributed by atoms with Gasteiger partial charge in [0.05, 0.1) is 52.4 Å². The molecule has 0 radical (unpaired) electrons. The number of nitrogens with one attached hydrogen (secondary N) is 1. The Morgan fingerprint density at radius 3 is 2.21 bits per heavy atom. The number of carbonyl (C=O) groups is 2. The van der Waals surface area contributed by atoms with Gasteiger partial charge in [-0.2, -0.15) is 0 Å². The number of non-ortho nitro benzene ring substituents is 1. The van der Waals surface area contributed by atoms with Gasteiger partial charge in [-0.25, -0.2) is 0 Å². The van der Waals surface area contributed by atoms with Gasteiger partial charge in [0.1, 0.15) is 30.0 Å². The molecule has 19 atom stereocenters.